The minimum Gasteiger partial charge on any atom is -0.487 e. The van der Waals surface area contributed by atoms with Crippen LogP contribution >= 0.6 is 0 Å². The van der Waals surface area contributed by atoms with Crippen LogP contribution in [0.15, 0.2) is 48.5 Å². The molecule has 0 heterocycles. The highest BCUT2D eigenvalue weighted by Gasteiger charge is 2.14. The van der Waals surface area contributed by atoms with Crippen molar-refractivity contribution in [2.24, 2.45) is 0 Å². The number of nitro groups is 1. The second-order valence-electron chi connectivity index (χ2n) is 4.59. The Morgan fingerprint density at radius 2 is 1.86 bits per heavy atom. The molecule has 0 saturated heterocycles. The van der Waals surface area contributed by atoms with E-state index in [0.717, 1.165) is 17.9 Å². The summed E-state index contributed by atoms with van der Waals surface area (Å²) in [5, 5.41) is 10.8. The SMILES string of the molecule is CS(=O)(=O)Nc1cc([N+](=O)[O-])ccc1OCc1ccccc1. The molecule has 0 amide bonds. The number of hydrogen-bond donors (Lipinski definition) is 1. The monoisotopic (exact) mass is 322 g/mol. The number of anilines is 1. The van der Waals surface area contributed by atoms with Crippen LogP contribution in [0.25, 0.3) is 0 Å². The second-order valence-corrected chi connectivity index (χ2v) is 6.33. The molecule has 0 bridgehead atoms. The molecule has 2 rings (SSSR count). The van der Waals surface area contributed by atoms with Crippen LogP contribution in [-0.2, 0) is 16.6 Å². The molecule has 0 saturated carbocycles. The first-order chi connectivity index (χ1) is 10.3. The molecule has 0 aromatic heterocycles. The number of non-ortho nitro benzene ring substituents is 1. The fourth-order valence-corrected chi connectivity index (χ4v) is 2.33. The summed E-state index contributed by atoms with van der Waals surface area (Å²) in [7, 11) is -3.58. The summed E-state index contributed by atoms with van der Waals surface area (Å²) < 4.78 is 30.5. The highest BCUT2D eigenvalue weighted by atomic mass is 32.2. The Hall–Kier alpha value is -2.61. The lowest BCUT2D eigenvalue weighted by Crippen LogP contribution is -2.11. The van der Waals surface area contributed by atoms with Crippen LogP contribution in [0.4, 0.5) is 11.4 Å². The van der Waals surface area contributed by atoms with Crippen molar-refractivity contribution < 1.29 is 18.1 Å². The average Bonchev–Trinajstić information content (AvgIpc) is 2.45. The Balaban J connectivity index is 2.27. The molecular formula is C14H14N2O5S. The van der Waals surface area contributed by atoms with E-state index in [9.17, 15) is 18.5 Å². The molecule has 1 N–H and O–H groups in total. The highest BCUT2D eigenvalue weighted by molar-refractivity contribution is 7.92. The van der Waals surface area contributed by atoms with E-state index in [0.29, 0.717) is 0 Å². The van der Waals surface area contributed by atoms with Crippen molar-refractivity contribution in [3.63, 3.8) is 0 Å². The van der Waals surface area contributed by atoms with Crippen LogP contribution in [0.3, 0.4) is 0 Å². The molecule has 8 heteroatoms. The van der Waals surface area contributed by atoms with Crippen LogP contribution in [0.2, 0.25) is 0 Å². The van der Waals surface area contributed by atoms with Gasteiger partial charge >= 0.3 is 0 Å². The molecule has 0 aliphatic carbocycles. The van der Waals surface area contributed by atoms with Crippen molar-refractivity contribution in [1.29, 1.82) is 0 Å². The average molecular weight is 322 g/mol. The van der Waals surface area contributed by atoms with Crippen molar-refractivity contribution in [2.75, 3.05) is 11.0 Å². The smallest absolute Gasteiger partial charge is 0.271 e. The van der Waals surface area contributed by atoms with Gasteiger partial charge in [0.25, 0.3) is 5.69 Å². The molecule has 0 radical (unpaired) electrons. The number of ether oxygens (including phenoxy) is 1. The molecule has 116 valence electrons. The molecule has 0 aliphatic heterocycles. The van der Waals surface area contributed by atoms with Crippen LogP contribution in [0, 0.1) is 10.1 Å². The first kappa shape index (κ1) is 15.8. The normalized spacial score (nSPS) is 11.0. The van der Waals surface area contributed by atoms with Gasteiger partial charge in [0.2, 0.25) is 10.0 Å². The maximum Gasteiger partial charge on any atom is 0.271 e. The Morgan fingerprint density at radius 1 is 1.18 bits per heavy atom. The predicted octanol–water partition coefficient (Wildman–Crippen LogP) is 2.55. The molecule has 0 atom stereocenters. The third kappa shape index (κ3) is 4.45. The molecule has 7 nitrogen and oxygen atoms in total. The number of benzene rings is 2. The first-order valence-electron chi connectivity index (χ1n) is 6.28. The summed E-state index contributed by atoms with van der Waals surface area (Å²) in [6, 6.07) is 13.0. The summed E-state index contributed by atoms with van der Waals surface area (Å²) in [6.07, 6.45) is 0.965. The van der Waals surface area contributed by atoms with E-state index in [1.54, 1.807) is 0 Å². The summed E-state index contributed by atoms with van der Waals surface area (Å²) in [6.45, 7) is 0.219. The van der Waals surface area contributed by atoms with Gasteiger partial charge in [-0.05, 0) is 11.6 Å². The van der Waals surface area contributed by atoms with Gasteiger partial charge in [-0.25, -0.2) is 8.42 Å². The number of nitrogens with zero attached hydrogens (tertiary/aromatic N) is 1. The summed E-state index contributed by atoms with van der Waals surface area (Å²) in [4.78, 5) is 10.2. The zero-order valence-corrected chi connectivity index (χ0v) is 12.5. The summed E-state index contributed by atoms with van der Waals surface area (Å²) in [5.41, 5.74) is 0.706. The maximum atomic E-state index is 11.4. The van der Waals surface area contributed by atoms with Gasteiger partial charge in [0.15, 0.2) is 0 Å². The van der Waals surface area contributed by atoms with Gasteiger partial charge in [-0.3, -0.25) is 14.8 Å². The van der Waals surface area contributed by atoms with Gasteiger partial charge in [0, 0.05) is 12.1 Å². The third-order valence-electron chi connectivity index (χ3n) is 2.71. The molecule has 2 aromatic carbocycles. The topological polar surface area (TPSA) is 98.5 Å². The standard InChI is InChI=1S/C14H14N2O5S/c1-22(19,20)15-13-9-12(16(17)18)7-8-14(13)21-10-11-5-3-2-4-6-11/h2-9,15H,10H2,1H3. The molecule has 0 fully saturated rings. The first-order valence-corrected chi connectivity index (χ1v) is 8.17. The van der Waals surface area contributed by atoms with E-state index >= 15 is 0 Å². The zero-order chi connectivity index (χ0) is 16.2. The van der Waals surface area contributed by atoms with E-state index in [1.165, 1.54) is 12.1 Å². The lowest BCUT2D eigenvalue weighted by molar-refractivity contribution is -0.384. The van der Waals surface area contributed by atoms with Crippen molar-refractivity contribution >= 4 is 21.4 Å². The lowest BCUT2D eigenvalue weighted by atomic mass is 10.2. The van der Waals surface area contributed by atoms with E-state index in [-0.39, 0.29) is 23.7 Å². The fraction of sp³-hybridized carbons (Fsp3) is 0.143. The van der Waals surface area contributed by atoms with Crippen molar-refractivity contribution in [2.45, 2.75) is 6.61 Å². The fourth-order valence-electron chi connectivity index (χ4n) is 1.77. The Bertz CT molecular complexity index is 775. The van der Waals surface area contributed by atoms with Crippen LogP contribution < -0.4 is 9.46 Å². The highest BCUT2D eigenvalue weighted by Crippen LogP contribution is 2.30. The Morgan fingerprint density at radius 3 is 2.45 bits per heavy atom. The molecule has 0 spiro atoms. The maximum absolute atomic E-state index is 11.4. The third-order valence-corrected chi connectivity index (χ3v) is 3.30. The van der Waals surface area contributed by atoms with Crippen molar-refractivity contribution in [3.8, 4) is 5.75 Å². The zero-order valence-electron chi connectivity index (χ0n) is 11.7. The van der Waals surface area contributed by atoms with Gasteiger partial charge in [-0.2, -0.15) is 0 Å². The minimum atomic E-state index is -3.58. The number of nitro benzene ring substituents is 1. The van der Waals surface area contributed by atoms with Crippen LogP contribution in [0.5, 0.6) is 5.75 Å². The van der Waals surface area contributed by atoms with E-state index in [4.69, 9.17) is 4.74 Å². The quantitative estimate of drug-likeness (QED) is 0.651. The van der Waals surface area contributed by atoms with Crippen molar-refractivity contribution in [3.05, 3.63) is 64.2 Å². The largest absolute Gasteiger partial charge is 0.487 e. The Kier molecular flexibility index (Phi) is 4.62. The minimum absolute atomic E-state index is 0.0348. The number of rotatable bonds is 6. The van der Waals surface area contributed by atoms with E-state index in [1.807, 2.05) is 30.3 Å². The number of nitrogens with one attached hydrogen (secondary N) is 1. The summed E-state index contributed by atoms with van der Waals surface area (Å²) in [5.74, 6) is 0.222. The molecule has 22 heavy (non-hydrogen) atoms. The predicted molar refractivity (Wildman–Crippen MR) is 82.3 cm³/mol. The van der Waals surface area contributed by atoms with E-state index in [2.05, 4.69) is 4.72 Å². The molecule has 0 aliphatic rings. The molecule has 2 aromatic rings. The van der Waals surface area contributed by atoms with Gasteiger partial charge in [-0.1, -0.05) is 30.3 Å². The number of sulfonamides is 1. The number of hydrogen-bond acceptors (Lipinski definition) is 5. The van der Waals surface area contributed by atoms with Crippen LogP contribution in [-0.4, -0.2) is 19.6 Å². The molecule has 0 unspecified atom stereocenters. The summed E-state index contributed by atoms with van der Waals surface area (Å²) >= 11 is 0. The van der Waals surface area contributed by atoms with Gasteiger partial charge in [0.1, 0.15) is 12.4 Å². The van der Waals surface area contributed by atoms with Crippen LogP contribution in [0.1, 0.15) is 5.56 Å². The van der Waals surface area contributed by atoms with E-state index < -0.39 is 14.9 Å². The van der Waals surface area contributed by atoms with Gasteiger partial charge in [0.05, 0.1) is 16.9 Å². The van der Waals surface area contributed by atoms with Gasteiger partial charge in [-0.15, -0.1) is 0 Å². The Labute approximate surface area is 127 Å². The van der Waals surface area contributed by atoms with Crippen molar-refractivity contribution in [1.82, 2.24) is 0 Å². The van der Waals surface area contributed by atoms with Gasteiger partial charge < -0.3 is 4.74 Å². The second kappa shape index (κ2) is 6.44. The molecular weight excluding hydrogens is 308 g/mol. The lowest BCUT2D eigenvalue weighted by Gasteiger charge is -2.12.